The monoisotopic (exact) mass is 457 g/mol. The number of sulfonamides is 1. The highest BCUT2D eigenvalue weighted by molar-refractivity contribution is 7.88. The van der Waals surface area contributed by atoms with Crippen LogP contribution in [0.15, 0.2) is 47.6 Å². The number of benzene rings is 2. The van der Waals surface area contributed by atoms with E-state index in [2.05, 4.69) is 11.1 Å². The van der Waals surface area contributed by atoms with Crippen molar-refractivity contribution in [2.75, 3.05) is 33.6 Å². The van der Waals surface area contributed by atoms with Gasteiger partial charge in [0.15, 0.2) is 11.5 Å². The highest BCUT2D eigenvalue weighted by Gasteiger charge is 2.52. The average Bonchev–Trinajstić information content (AvgIpc) is 3.25. The number of hydrogen-bond donors (Lipinski definition) is 0. The van der Waals surface area contributed by atoms with Gasteiger partial charge in [-0.15, -0.1) is 0 Å². The van der Waals surface area contributed by atoms with Crippen molar-refractivity contribution in [1.29, 1.82) is 0 Å². The van der Waals surface area contributed by atoms with Gasteiger partial charge in [-0.2, -0.15) is 5.10 Å². The molecule has 5 rings (SSSR count). The number of ether oxygens (including phenoxy) is 3. The minimum absolute atomic E-state index is 0.0350. The van der Waals surface area contributed by atoms with Crippen LogP contribution in [0.4, 0.5) is 0 Å². The van der Waals surface area contributed by atoms with Gasteiger partial charge < -0.3 is 14.2 Å². The number of rotatable bonds is 4. The maximum absolute atomic E-state index is 12.1. The molecule has 0 amide bonds. The van der Waals surface area contributed by atoms with Crippen LogP contribution in [-0.2, 0) is 10.0 Å². The summed E-state index contributed by atoms with van der Waals surface area (Å²) in [7, 11) is 0.00364. The van der Waals surface area contributed by atoms with E-state index < -0.39 is 15.7 Å². The van der Waals surface area contributed by atoms with Crippen LogP contribution in [0.25, 0.3) is 0 Å². The Morgan fingerprint density at radius 2 is 1.78 bits per heavy atom. The summed E-state index contributed by atoms with van der Waals surface area (Å²) in [6.45, 7) is 0.816. The molecule has 1 saturated heterocycles. The van der Waals surface area contributed by atoms with E-state index in [1.807, 2.05) is 36.4 Å². The normalized spacial score (nSPS) is 22.0. The van der Waals surface area contributed by atoms with Gasteiger partial charge in [0, 0.05) is 43.5 Å². The van der Waals surface area contributed by atoms with Gasteiger partial charge in [0.05, 0.1) is 32.2 Å². The topological polar surface area (TPSA) is 80.7 Å². The van der Waals surface area contributed by atoms with Crippen molar-refractivity contribution in [3.8, 4) is 17.2 Å². The van der Waals surface area contributed by atoms with E-state index in [-0.39, 0.29) is 6.04 Å². The van der Waals surface area contributed by atoms with Crippen molar-refractivity contribution in [3.63, 3.8) is 0 Å². The van der Waals surface area contributed by atoms with Gasteiger partial charge in [-0.3, -0.25) is 0 Å². The number of hydrazone groups is 1. The minimum Gasteiger partial charge on any atom is -0.493 e. The standard InChI is InChI=1S/C23H27N3O5S/c1-29-21-9-8-16(14-22(21)30-2)18-15-19-17-6-4-5-7-20(17)31-23(26(19)24-18)10-12-25(13-11-23)32(3,27)28/h4-9,14,19H,10-13,15H2,1-3H3/t19-/m1/s1. The Labute approximate surface area is 188 Å². The van der Waals surface area contributed by atoms with Crippen molar-refractivity contribution in [2.45, 2.75) is 31.0 Å². The number of para-hydroxylation sites is 1. The zero-order valence-corrected chi connectivity index (χ0v) is 19.3. The van der Waals surface area contributed by atoms with E-state index in [0.29, 0.717) is 37.4 Å². The summed E-state index contributed by atoms with van der Waals surface area (Å²) in [5.74, 6) is 2.18. The van der Waals surface area contributed by atoms with Crippen LogP contribution in [0.2, 0.25) is 0 Å². The third-order valence-corrected chi connectivity index (χ3v) is 7.90. The highest BCUT2D eigenvalue weighted by atomic mass is 32.2. The van der Waals surface area contributed by atoms with Crippen molar-refractivity contribution in [2.24, 2.45) is 5.10 Å². The third kappa shape index (κ3) is 3.40. The molecular formula is C23H27N3O5S. The van der Waals surface area contributed by atoms with Crippen molar-refractivity contribution in [1.82, 2.24) is 9.31 Å². The molecule has 0 N–H and O–H groups in total. The lowest BCUT2D eigenvalue weighted by molar-refractivity contribution is -0.143. The first-order valence-corrected chi connectivity index (χ1v) is 12.5. The lowest BCUT2D eigenvalue weighted by Crippen LogP contribution is -2.59. The second-order valence-corrected chi connectivity index (χ2v) is 10.4. The molecule has 3 aliphatic rings. The summed E-state index contributed by atoms with van der Waals surface area (Å²) in [6, 6.07) is 13.9. The van der Waals surface area contributed by atoms with E-state index in [9.17, 15) is 8.42 Å². The van der Waals surface area contributed by atoms with Crippen LogP contribution >= 0.6 is 0 Å². The number of fused-ring (bicyclic) bond motifs is 4. The van der Waals surface area contributed by atoms with E-state index in [1.54, 1.807) is 14.2 Å². The molecule has 9 heteroatoms. The first-order chi connectivity index (χ1) is 15.3. The molecule has 2 aromatic carbocycles. The quantitative estimate of drug-likeness (QED) is 0.702. The predicted octanol–water partition coefficient (Wildman–Crippen LogP) is 3.00. The fraction of sp³-hybridized carbons (Fsp3) is 0.435. The zero-order chi connectivity index (χ0) is 22.5. The Morgan fingerprint density at radius 1 is 1.06 bits per heavy atom. The maximum atomic E-state index is 12.1. The lowest BCUT2D eigenvalue weighted by Gasteiger charge is -2.50. The van der Waals surface area contributed by atoms with Gasteiger partial charge in [-0.05, 0) is 24.3 Å². The maximum Gasteiger partial charge on any atom is 0.211 e. The Kier molecular flexibility index (Phi) is 5.05. The lowest BCUT2D eigenvalue weighted by atomic mass is 9.91. The Balaban J connectivity index is 1.53. The van der Waals surface area contributed by atoms with Gasteiger partial charge in [0.1, 0.15) is 5.75 Å². The number of methoxy groups -OCH3 is 2. The highest BCUT2D eigenvalue weighted by Crippen LogP contribution is 2.50. The van der Waals surface area contributed by atoms with Crippen LogP contribution in [0.3, 0.4) is 0 Å². The van der Waals surface area contributed by atoms with Gasteiger partial charge in [0.25, 0.3) is 0 Å². The summed E-state index contributed by atoms with van der Waals surface area (Å²) in [5, 5.41) is 7.11. The van der Waals surface area contributed by atoms with Gasteiger partial charge >= 0.3 is 0 Å². The van der Waals surface area contributed by atoms with Crippen molar-refractivity contribution >= 4 is 15.7 Å². The SMILES string of the molecule is COc1ccc(C2=NN3[C@H](C2)c2ccccc2OC32CCN(S(C)(=O)=O)CC2)cc1OC. The fourth-order valence-corrected chi connectivity index (χ4v) is 5.76. The average molecular weight is 458 g/mol. The Bertz CT molecular complexity index is 1170. The molecule has 170 valence electrons. The summed E-state index contributed by atoms with van der Waals surface area (Å²) in [5.41, 5.74) is 2.35. The predicted molar refractivity (Wildman–Crippen MR) is 121 cm³/mol. The second-order valence-electron chi connectivity index (χ2n) is 8.43. The van der Waals surface area contributed by atoms with E-state index in [0.717, 1.165) is 29.0 Å². The molecular weight excluding hydrogens is 430 g/mol. The van der Waals surface area contributed by atoms with Crippen LogP contribution in [0.1, 0.15) is 36.4 Å². The molecule has 0 saturated carbocycles. The molecule has 32 heavy (non-hydrogen) atoms. The van der Waals surface area contributed by atoms with Crippen molar-refractivity contribution in [3.05, 3.63) is 53.6 Å². The van der Waals surface area contributed by atoms with E-state index >= 15 is 0 Å². The molecule has 0 bridgehead atoms. The molecule has 1 spiro atoms. The number of piperidine rings is 1. The van der Waals surface area contributed by atoms with Gasteiger partial charge in [-0.25, -0.2) is 17.7 Å². The molecule has 3 aliphatic heterocycles. The van der Waals surface area contributed by atoms with Gasteiger partial charge in [0.2, 0.25) is 15.7 Å². The van der Waals surface area contributed by atoms with Gasteiger partial charge in [-0.1, -0.05) is 18.2 Å². The third-order valence-electron chi connectivity index (χ3n) is 6.60. The van der Waals surface area contributed by atoms with Crippen LogP contribution < -0.4 is 14.2 Å². The fourth-order valence-electron chi connectivity index (χ4n) is 4.92. The largest absolute Gasteiger partial charge is 0.493 e. The van der Waals surface area contributed by atoms with Crippen LogP contribution in [0.5, 0.6) is 17.2 Å². The smallest absolute Gasteiger partial charge is 0.211 e. The molecule has 8 nitrogen and oxygen atoms in total. The Hall–Kier alpha value is -2.78. The first-order valence-electron chi connectivity index (χ1n) is 10.7. The Morgan fingerprint density at radius 3 is 2.47 bits per heavy atom. The van der Waals surface area contributed by atoms with Crippen molar-refractivity contribution < 1.29 is 22.6 Å². The molecule has 0 unspecified atom stereocenters. The van der Waals surface area contributed by atoms with E-state index in [1.165, 1.54) is 10.6 Å². The summed E-state index contributed by atoms with van der Waals surface area (Å²) in [6.07, 6.45) is 3.09. The summed E-state index contributed by atoms with van der Waals surface area (Å²) in [4.78, 5) is 0. The molecule has 1 fully saturated rings. The molecule has 3 heterocycles. The summed E-state index contributed by atoms with van der Waals surface area (Å²) < 4.78 is 43.0. The summed E-state index contributed by atoms with van der Waals surface area (Å²) >= 11 is 0. The number of hydrogen-bond acceptors (Lipinski definition) is 7. The molecule has 0 aliphatic carbocycles. The zero-order valence-electron chi connectivity index (χ0n) is 18.4. The first kappa shape index (κ1) is 21.1. The molecule has 0 radical (unpaired) electrons. The second kappa shape index (κ2) is 7.67. The van der Waals surface area contributed by atoms with Crippen LogP contribution in [-0.4, -0.2) is 62.7 Å². The molecule has 1 atom stereocenters. The molecule has 0 aromatic heterocycles. The van der Waals surface area contributed by atoms with E-state index in [4.69, 9.17) is 19.3 Å². The van der Waals surface area contributed by atoms with Crippen LogP contribution in [0, 0.1) is 0 Å². The number of nitrogens with zero attached hydrogens (tertiary/aromatic N) is 3. The minimum atomic E-state index is -3.23. The molecule has 2 aromatic rings.